The summed E-state index contributed by atoms with van der Waals surface area (Å²) in [5.41, 5.74) is 1.27. The monoisotopic (exact) mass is 390 g/mol. The number of aliphatic carboxylic acids is 1. The number of hydrogen-bond donors (Lipinski definition) is 2. The molecule has 3 rings (SSSR count). The minimum Gasteiger partial charge on any atom is -0.479 e. The highest BCUT2D eigenvalue weighted by Gasteiger charge is 2.10. The van der Waals surface area contributed by atoms with Crippen LogP contribution in [0, 0.1) is 6.92 Å². The number of fused-ring (bicyclic) bond motifs is 1. The number of carboxylic acid groups (broad SMARTS) is 1. The standard InChI is InChI=1S/C17H14N2O7S/c1-10-6-15(25-9-16(20)21)19-17(18-10)13-3-2-12-8-14(26-27(22,23)24)5-4-11(12)7-13/h2-8H,9H2,1H3,(H,20,21)(H,22,23,24). The van der Waals surface area contributed by atoms with Crippen molar-refractivity contribution in [3.05, 3.63) is 48.2 Å². The van der Waals surface area contributed by atoms with Crippen molar-refractivity contribution in [2.75, 3.05) is 6.61 Å². The van der Waals surface area contributed by atoms with Crippen LogP contribution in [-0.4, -0.2) is 40.6 Å². The van der Waals surface area contributed by atoms with Gasteiger partial charge in [0.2, 0.25) is 5.88 Å². The number of carboxylic acids is 1. The van der Waals surface area contributed by atoms with Crippen LogP contribution in [0.4, 0.5) is 0 Å². The van der Waals surface area contributed by atoms with Crippen LogP contribution in [0.25, 0.3) is 22.2 Å². The molecule has 0 aliphatic heterocycles. The van der Waals surface area contributed by atoms with Crippen molar-refractivity contribution in [2.24, 2.45) is 0 Å². The average molecular weight is 390 g/mol. The zero-order chi connectivity index (χ0) is 19.6. The van der Waals surface area contributed by atoms with E-state index in [0.29, 0.717) is 22.5 Å². The van der Waals surface area contributed by atoms with E-state index in [9.17, 15) is 13.2 Å². The summed E-state index contributed by atoms with van der Waals surface area (Å²) in [7, 11) is -4.59. The molecule has 0 saturated heterocycles. The van der Waals surface area contributed by atoms with Crippen molar-refractivity contribution in [2.45, 2.75) is 6.92 Å². The third-order valence-electron chi connectivity index (χ3n) is 3.45. The smallest absolute Gasteiger partial charge is 0.446 e. The van der Waals surface area contributed by atoms with Gasteiger partial charge in [-0.3, -0.25) is 4.55 Å². The van der Waals surface area contributed by atoms with Crippen LogP contribution in [0.1, 0.15) is 5.69 Å². The Bertz CT molecular complexity index is 1130. The first-order valence-corrected chi connectivity index (χ1v) is 8.97. The topological polar surface area (TPSA) is 136 Å². The number of aryl methyl sites for hydroxylation is 1. The van der Waals surface area contributed by atoms with E-state index in [1.165, 1.54) is 18.2 Å². The Balaban J connectivity index is 1.95. The fraction of sp³-hybridized carbons (Fsp3) is 0.118. The van der Waals surface area contributed by atoms with Crippen molar-refractivity contribution in [1.29, 1.82) is 0 Å². The Hall–Kier alpha value is -3.24. The van der Waals surface area contributed by atoms with Gasteiger partial charge in [0.25, 0.3) is 0 Å². The second kappa shape index (κ2) is 7.17. The molecule has 140 valence electrons. The highest BCUT2D eigenvalue weighted by molar-refractivity contribution is 7.81. The summed E-state index contributed by atoms with van der Waals surface area (Å²) in [6.45, 7) is 1.23. The molecule has 0 aliphatic carbocycles. The van der Waals surface area contributed by atoms with Gasteiger partial charge in [-0.1, -0.05) is 18.2 Å². The molecule has 0 fully saturated rings. The second-order valence-electron chi connectivity index (χ2n) is 5.59. The van der Waals surface area contributed by atoms with Crippen molar-refractivity contribution in [3.8, 4) is 23.0 Å². The molecule has 0 aliphatic rings. The summed E-state index contributed by atoms with van der Waals surface area (Å²) >= 11 is 0. The molecular weight excluding hydrogens is 376 g/mol. The lowest BCUT2D eigenvalue weighted by molar-refractivity contribution is -0.139. The van der Waals surface area contributed by atoms with Gasteiger partial charge in [0.05, 0.1) is 0 Å². The Kier molecular flexibility index (Phi) is 4.93. The van der Waals surface area contributed by atoms with E-state index in [4.69, 9.17) is 14.4 Å². The molecule has 0 radical (unpaired) electrons. The third kappa shape index (κ3) is 4.90. The molecule has 2 aromatic carbocycles. The number of carbonyl (C=O) groups is 1. The van der Waals surface area contributed by atoms with Gasteiger partial charge >= 0.3 is 16.4 Å². The first kappa shape index (κ1) is 18.5. The van der Waals surface area contributed by atoms with Gasteiger partial charge in [0.15, 0.2) is 12.4 Å². The van der Waals surface area contributed by atoms with E-state index < -0.39 is 23.0 Å². The molecule has 0 amide bonds. The van der Waals surface area contributed by atoms with Crippen molar-refractivity contribution in [1.82, 2.24) is 9.97 Å². The number of benzene rings is 2. The maximum atomic E-state index is 10.8. The number of rotatable bonds is 6. The molecule has 1 heterocycles. The normalized spacial score (nSPS) is 11.3. The lowest BCUT2D eigenvalue weighted by Gasteiger charge is -2.08. The van der Waals surface area contributed by atoms with E-state index >= 15 is 0 Å². The predicted octanol–water partition coefficient (Wildman–Crippen LogP) is 2.25. The summed E-state index contributed by atoms with van der Waals surface area (Å²) in [6, 6.07) is 11.2. The minimum atomic E-state index is -4.59. The van der Waals surface area contributed by atoms with E-state index in [1.807, 2.05) is 0 Å². The fourth-order valence-electron chi connectivity index (χ4n) is 2.41. The summed E-state index contributed by atoms with van der Waals surface area (Å²) in [6.07, 6.45) is 0. The van der Waals surface area contributed by atoms with Gasteiger partial charge in [-0.05, 0) is 35.9 Å². The Morgan fingerprint density at radius 3 is 2.48 bits per heavy atom. The first-order chi connectivity index (χ1) is 12.7. The van der Waals surface area contributed by atoms with Gasteiger partial charge in [-0.15, -0.1) is 0 Å². The number of ether oxygens (including phenoxy) is 1. The van der Waals surface area contributed by atoms with Gasteiger partial charge < -0.3 is 14.0 Å². The molecule has 10 heteroatoms. The van der Waals surface area contributed by atoms with Gasteiger partial charge in [-0.25, -0.2) is 9.78 Å². The first-order valence-electron chi connectivity index (χ1n) is 7.61. The fourth-order valence-corrected chi connectivity index (χ4v) is 2.76. The molecule has 9 nitrogen and oxygen atoms in total. The Morgan fingerprint density at radius 2 is 1.78 bits per heavy atom. The van der Waals surface area contributed by atoms with E-state index in [1.54, 1.807) is 31.2 Å². The van der Waals surface area contributed by atoms with Crippen LogP contribution >= 0.6 is 0 Å². The molecule has 1 aromatic heterocycles. The van der Waals surface area contributed by atoms with Crippen molar-refractivity contribution in [3.63, 3.8) is 0 Å². The SMILES string of the molecule is Cc1cc(OCC(=O)O)nc(-c2ccc3cc(OS(=O)(=O)O)ccc3c2)n1. The van der Waals surface area contributed by atoms with Crippen molar-refractivity contribution >= 4 is 27.1 Å². The van der Waals surface area contributed by atoms with Crippen LogP contribution < -0.4 is 8.92 Å². The average Bonchev–Trinajstić information content (AvgIpc) is 2.57. The molecule has 3 aromatic rings. The maximum Gasteiger partial charge on any atom is 0.446 e. The predicted molar refractivity (Wildman–Crippen MR) is 95.0 cm³/mol. The second-order valence-corrected chi connectivity index (χ2v) is 6.61. The van der Waals surface area contributed by atoms with Crippen LogP contribution in [0.2, 0.25) is 0 Å². The molecule has 2 N–H and O–H groups in total. The third-order valence-corrected chi connectivity index (χ3v) is 3.85. The minimum absolute atomic E-state index is 0.0195. The van der Waals surface area contributed by atoms with E-state index in [-0.39, 0.29) is 11.6 Å². The quantitative estimate of drug-likeness (QED) is 0.607. The van der Waals surface area contributed by atoms with Crippen LogP contribution in [-0.2, 0) is 15.2 Å². The van der Waals surface area contributed by atoms with Gasteiger partial charge in [0.1, 0.15) is 5.75 Å². The molecule has 0 atom stereocenters. The van der Waals surface area contributed by atoms with Crippen LogP contribution in [0.15, 0.2) is 42.5 Å². The van der Waals surface area contributed by atoms with Crippen molar-refractivity contribution < 1.29 is 31.8 Å². The number of aromatic nitrogens is 2. The van der Waals surface area contributed by atoms with Crippen LogP contribution in [0.3, 0.4) is 0 Å². The van der Waals surface area contributed by atoms with Gasteiger partial charge in [0, 0.05) is 17.3 Å². The molecule has 0 spiro atoms. The lowest BCUT2D eigenvalue weighted by Crippen LogP contribution is -2.11. The Labute approximate surface area is 154 Å². The summed E-state index contributed by atoms with van der Waals surface area (Å²) in [5.74, 6) is -0.622. The largest absolute Gasteiger partial charge is 0.479 e. The van der Waals surface area contributed by atoms with E-state index in [0.717, 1.165) is 5.39 Å². The lowest BCUT2D eigenvalue weighted by atomic mass is 10.1. The number of nitrogens with zero attached hydrogens (tertiary/aromatic N) is 2. The summed E-state index contributed by atoms with van der Waals surface area (Å²) in [5, 5.41) is 10.1. The molecule has 0 unspecified atom stereocenters. The molecular formula is C17H14N2O7S. The molecule has 0 bridgehead atoms. The highest BCUT2D eigenvalue weighted by atomic mass is 32.3. The summed E-state index contributed by atoms with van der Waals surface area (Å²) < 4.78 is 39.9. The highest BCUT2D eigenvalue weighted by Crippen LogP contribution is 2.27. The van der Waals surface area contributed by atoms with Crippen LogP contribution in [0.5, 0.6) is 11.6 Å². The molecule has 27 heavy (non-hydrogen) atoms. The van der Waals surface area contributed by atoms with Gasteiger partial charge in [-0.2, -0.15) is 13.4 Å². The maximum absolute atomic E-state index is 10.8. The zero-order valence-corrected chi connectivity index (χ0v) is 14.8. The molecule has 0 saturated carbocycles. The van der Waals surface area contributed by atoms with E-state index in [2.05, 4.69) is 14.2 Å². The Morgan fingerprint density at radius 1 is 1.07 bits per heavy atom. The summed E-state index contributed by atoms with van der Waals surface area (Å²) in [4.78, 5) is 19.2. The number of hydrogen-bond acceptors (Lipinski definition) is 7. The zero-order valence-electron chi connectivity index (χ0n) is 14.0.